The maximum atomic E-state index is 5.91. The van der Waals surface area contributed by atoms with Gasteiger partial charge >= 0.3 is 0 Å². The maximum absolute atomic E-state index is 5.91. The summed E-state index contributed by atoms with van der Waals surface area (Å²) in [6.07, 6.45) is 4.80. The van der Waals surface area contributed by atoms with Gasteiger partial charge < -0.3 is 5.73 Å². The third kappa shape index (κ3) is 6.41. The molecule has 1 atom stereocenters. The minimum atomic E-state index is 0.384. The highest BCUT2D eigenvalue weighted by Gasteiger charge is 2.05. The van der Waals surface area contributed by atoms with Gasteiger partial charge in [-0.2, -0.15) is 0 Å². The van der Waals surface area contributed by atoms with Crippen molar-refractivity contribution in [2.24, 2.45) is 11.7 Å². The topological polar surface area (TPSA) is 26.0 Å². The Balaban J connectivity index is 3.25. The standard InChI is InChI=1S/C11H23N/c1-9(2)7-5-6-8-11(12)10(3)4/h10-11H,1,5-8,12H2,2-4H3. The molecule has 0 aliphatic carbocycles. The molecule has 1 nitrogen and oxygen atoms in total. The Bertz CT molecular complexity index is 127. The summed E-state index contributed by atoms with van der Waals surface area (Å²) >= 11 is 0. The molecule has 0 bridgehead atoms. The number of hydrogen-bond acceptors (Lipinski definition) is 1. The van der Waals surface area contributed by atoms with Gasteiger partial charge in [-0.3, -0.25) is 0 Å². The molecule has 0 aromatic carbocycles. The van der Waals surface area contributed by atoms with Gasteiger partial charge in [-0.1, -0.05) is 25.8 Å². The maximum Gasteiger partial charge on any atom is 0.00618 e. The molecular formula is C11H23N. The van der Waals surface area contributed by atoms with Gasteiger partial charge in [-0.15, -0.1) is 6.58 Å². The van der Waals surface area contributed by atoms with Gasteiger partial charge in [0.2, 0.25) is 0 Å². The molecule has 0 fully saturated rings. The molecule has 72 valence electrons. The molecule has 1 heteroatoms. The molecule has 12 heavy (non-hydrogen) atoms. The Hall–Kier alpha value is -0.300. The summed E-state index contributed by atoms with van der Waals surface area (Å²) in [7, 11) is 0. The van der Waals surface area contributed by atoms with E-state index in [-0.39, 0.29) is 0 Å². The van der Waals surface area contributed by atoms with Crippen molar-refractivity contribution in [1.82, 2.24) is 0 Å². The Morgan fingerprint density at radius 2 is 1.92 bits per heavy atom. The first-order valence-corrected chi connectivity index (χ1v) is 4.94. The summed E-state index contributed by atoms with van der Waals surface area (Å²) in [6.45, 7) is 10.3. The van der Waals surface area contributed by atoms with Crippen molar-refractivity contribution >= 4 is 0 Å². The second kappa shape index (κ2) is 6.24. The molecule has 0 saturated carbocycles. The summed E-state index contributed by atoms with van der Waals surface area (Å²) in [5.41, 5.74) is 7.20. The van der Waals surface area contributed by atoms with Crippen LogP contribution in [-0.2, 0) is 0 Å². The van der Waals surface area contributed by atoms with Crippen LogP contribution >= 0.6 is 0 Å². The third-order valence-electron chi connectivity index (χ3n) is 2.25. The molecule has 0 heterocycles. The Morgan fingerprint density at radius 1 is 1.33 bits per heavy atom. The summed E-state index contributed by atoms with van der Waals surface area (Å²) in [6, 6.07) is 0.384. The van der Waals surface area contributed by atoms with E-state index in [0.717, 1.165) is 12.8 Å². The zero-order valence-electron chi connectivity index (χ0n) is 8.77. The van der Waals surface area contributed by atoms with Crippen LogP contribution in [0.15, 0.2) is 12.2 Å². The largest absolute Gasteiger partial charge is 0.327 e. The predicted molar refractivity (Wildman–Crippen MR) is 56.1 cm³/mol. The van der Waals surface area contributed by atoms with E-state index in [1.54, 1.807) is 0 Å². The minimum absolute atomic E-state index is 0.384. The van der Waals surface area contributed by atoms with E-state index in [0.29, 0.717) is 12.0 Å². The van der Waals surface area contributed by atoms with E-state index in [9.17, 15) is 0 Å². The molecule has 0 saturated heterocycles. The summed E-state index contributed by atoms with van der Waals surface area (Å²) < 4.78 is 0. The van der Waals surface area contributed by atoms with Gasteiger partial charge in [-0.25, -0.2) is 0 Å². The smallest absolute Gasteiger partial charge is 0.00618 e. The van der Waals surface area contributed by atoms with Crippen LogP contribution in [0.5, 0.6) is 0 Å². The monoisotopic (exact) mass is 169 g/mol. The fourth-order valence-corrected chi connectivity index (χ4v) is 1.14. The lowest BCUT2D eigenvalue weighted by Crippen LogP contribution is -2.25. The first-order chi connectivity index (χ1) is 5.54. The van der Waals surface area contributed by atoms with E-state index in [1.165, 1.54) is 18.4 Å². The van der Waals surface area contributed by atoms with Gasteiger partial charge in [0.25, 0.3) is 0 Å². The first kappa shape index (κ1) is 11.7. The second-order valence-electron chi connectivity index (χ2n) is 4.11. The molecule has 2 N–H and O–H groups in total. The molecule has 0 aliphatic heterocycles. The lowest BCUT2D eigenvalue weighted by Gasteiger charge is -2.14. The van der Waals surface area contributed by atoms with Gasteiger partial charge in [-0.05, 0) is 32.1 Å². The average Bonchev–Trinajstić information content (AvgIpc) is 1.97. The van der Waals surface area contributed by atoms with Crippen LogP contribution in [0.3, 0.4) is 0 Å². The lowest BCUT2D eigenvalue weighted by molar-refractivity contribution is 0.446. The van der Waals surface area contributed by atoms with E-state index in [2.05, 4.69) is 27.4 Å². The van der Waals surface area contributed by atoms with Crippen LogP contribution in [0.2, 0.25) is 0 Å². The van der Waals surface area contributed by atoms with Crippen molar-refractivity contribution in [3.63, 3.8) is 0 Å². The van der Waals surface area contributed by atoms with Crippen molar-refractivity contribution in [1.29, 1.82) is 0 Å². The van der Waals surface area contributed by atoms with E-state index >= 15 is 0 Å². The fraction of sp³-hybridized carbons (Fsp3) is 0.818. The first-order valence-electron chi connectivity index (χ1n) is 4.94. The number of unbranched alkanes of at least 4 members (excludes halogenated alkanes) is 1. The number of rotatable bonds is 6. The predicted octanol–water partition coefficient (Wildman–Crippen LogP) is 3.11. The van der Waals surface area contributed by atoms with Gasteiger partial charge in [0.1, 0.15) is 0 Å². The fourth-order valence-electron chi connectivity index (χ4n) is 1.14. The molecule has 0 rings (SSSR count). The van der Waals surface area contributed by atoms with Gasteiger partial charge in [0, 0.05) is 6.04 Å². The van der Waals surface area contributed by atoms with Crippen LogP contribution in [0, 0.1) is 5.92 Å². The highest BCUT2D eigenvalue weighted by molar-refractivity contribution is 4.87. The number of allylic oxidation sites excluding steroid dienone is 1. The Labute approximate surface area is 77.0 Å². The van der Waals surface area contributed by atoms with Crippen LogP contribution in [0.1, 0.15) is 46.5 Å². The van der Waals surface area contributed by atoms with Gasteiger partial charge in [0.15, 0.2) is 0 Å². The van der Waals surface area contributed by atoms with Crippen LogP contribution in [0.4, 0.5) is 0 Å². The minimum Gasteiger partial charge on any atom is -0.327 e. The molecule has 0 spiro atoms. The van der Waals surface area contributed by atoms with Crippen molar-refractivity contribution in [2.75, 3.05) is 0 Å². The molecule has 0 aromatic heterocycles. The van der Waals surface area contributed by atoms with Crippen LogP contribution in [0.25, 0.3) is 0 Å². The van der Waals surface area contributed by atoms with Crippen LogP contribution < -0.4 is 5.73 Å². The molecular weight excluding hydrogens is 146 g/mol. The quantitative estimate of drug-likeness (QED) is 0.480. The van der Waals surface area contributed by atoms with Crippen molar-refractivity contribution in [2.45, 2.75) is 52.5 Å². The van der Waals surface area contributed by atoms with E-state index in [4.69, 9.17) is 5.73 Å². The summed E-state index contributed by atoms with van der Waals surface area (Å²) in [4.78, 5) is 0. The van der Waals surface area contributed by atoms with E-state index < -0.39 is 0 Å². The highest BCUT2D eigenvalue weighted by Crippen LogP contribution is 2.11. The van der Waals surface area contributed by atoms with Gasteiger partial charge in [0.05, 0.1) is 0 Å². The zero-order valence-corrected chi connectivity index (χ0v) is 8.77. The summed E-state index contributed by atoms with van der Waals surface area (Å²) in [5.74, 6) is 0.620. The van der Waals surface area contributed by atoms with Crippen molar-refractivity contribution < 1.29 is 0 Å². The molecule has 1 unspecified atom stereocenters. The number of hydrogen-bond donors (Lipinski definition) is 1. The van der Waals surface area contributed by atoms with Crippen LogP contribution in [-0.4, -0.2) is 6.04 Å². The molecule has 0 aliphatic rings. The third-order valence-corrected chi connectivity index (χ3v) is 2.25. The Kier molecular flexibility index (Phi) is 6.09. The van der Waals surface area contributed by atoms with Crippen molar-refractivity contribution in [3.05, 3.63) is 12.2 Å². The molecule has 0 radical (unpaired) electrons. The van der Waals surface area contributed by atoms with E-state index in [1.807, 2.05) is 0 Å². The van der Waals surface area contributed by atoms with Crippen molar-refractivity contribution in [3.8, 4) is 0 Å². The zero-order chi connectivity index (χ0) is 9.56. The summed E-state index contributed by atoms with van der Waals surface area (Å²) in [5, 5.41) is 0. The average molecular weight is 169 g/mol. The highest BCUT2D eigenvalue weighted by atomic mass is 14.6. The molecule has 0 amide bonds. The Morgan fingerprint density at radius 3 is 2.33 bits per heavy atom. The SMILES string of the molecule is C=C(C)CCCCC(N)C(C)C. The normalized spacial score (nSPS) is 13.4. The lowest BCUT2D eigenvalue weighted by atomic mass is 9.98. The number of nitrogens with two attached hydrogens (primary N) is 1. The molecule has 0 aromatic rings. The second-order valence-corrected chi connectivity index (χ2v) is 4.11.